The van der Waals surface area contributed by atoms with Crippen molar-refractivity contribution in [3.05, 3.63) is 178 Å². The molecule has 0 saturated carbocycles. The highest BCUT2D eigenvalue weighted by atomic mass is 35.5. The number of rotatable bonds is 43. The molecule has 32 nitrogen and oxygen atoms in total. The van der Waals surface area contributed by atoms with Crippen LogP contribution in [0.15, 0.2) is 140 Å². The van der Waals surface area contributed by atoms with E-state index in [2.05, 4.69) is 63.1 Å². The number of ether oxygens (including phenoxy) is 1. The molecule has 0 aliphatic carbocycles. The molecule has 0 bridgehead atoms. The number of likely N-dealkylation sites (tertiary alicyclic amines) is 1. The lowest BCUT2D eigenvalue weighted by Crippen LogP contribution is -2.61. The molecule has 16 N–H and O–H groups in total. The number of hydrogen-bond acceptors (Lipinski definition) is 17. The van der Waals surface area contributed by atoms with Gasteiger partial charge >= 0.3 is 12.1 Å². The Kier molecular flexibility index (Phi) is 34.8. The summed E-state index contributed by atoms with van der Waals surface area (Å²) in [6.07, 6.45) is 6.12. The number of nitrogens with two attached hydrogens (primary N) is 2. The lowest BCUT2D eigenvalue weighted by Gasteiger charge is -2.31. The van der Waals surface area contributed by atoms with E-state index in [4.69, 9.17) is 33.2 Å². The van der Waals surface area contributed by atoms with E-state index in [1.165, 1.54) is 24.2 Å². The quantitative estimate of drug-likeness (QED) is 0.0111. The number of guanidine groups is 1. The van der Waals surface area contributed by atoms with Crippen molar-refractivity contribution < 1.29 is 67.4 Å². The van der Waals surface area contributed by atoms with Crippen LogP contribution in [-0.2, 0) is 91.3 Å². The monoisotopic (exact) mass is 1660 g/mol. The molecular weight excluding hydrogens is 1540 g/mol. The van der Waals surface area contributed by atoms with E-state index in [9.17, 15) is 33.9 Å². The number of hydrogen-bond donors (Lipinski definition) is 14. The summed E-state index contributed by atoms with van der Waals surface area (Å²) < 4.78 is 5.57. The molecule has 14 amide bonds. The highest BCUT2D eigenvalue weighted by molar-refractivity contribution is 6.30. The summed E-state index contributed by atoms with van der Waals surface area (Å²) in [6, 6.07) is 21.6. The van der Waals surface area contributed by atoms with E-state index in [0.29, 0.717) is 85.3 Å². The first kappa shape index (κ1) is 91.3. The van der Waals surface area contributed by atoms with Gasteiger partial charge in [-0.1, -0.05) is 149 Å². The summed E-state index contributed by atoms with van der Waals surface area (Å²) in [7, 11) is 0. The third kappa shape index (κ3) is 27.5. The van der Waals surface area contributed by atoms with Crippen molar-refractivity contribution in [2.45, 2.75) is 191 Å². The van der Waals surface area contributed by atoms with Crippen LogP contribution in [0, 0.1) is 11.3 Å². The van der Waals surface area contributed by atoms with Crippen molar-refractivity contribution in [3.63, 3.8) is 0 Å². The molecule has 0 radical (unpaired) electrons. The summed E-state index contributed by atoms with van der Waals surface area (Å²) in [5, 5.41) is 48.8. The van der Waals surface area contributed by atoms with Crippen LogP contribution in [-0.4, -0.2) is 226 Å². The fraction of sp³-hybridized carbons (Fsp3) is 0.465. The molecule has 6 aromatic rings. The number of halogens is 1. The van der Waals surface area contributed by atoms with Gasteiger partial charge in [-0.25, -0.2) is 14.5 Å². The Labute approximate surface area is 698 Å². The second-order valence-corrected chi connectivity index (χ2v) is 31.4. The highest BCUT2D eigenvalue weighted by Gasteiger charge is 2.46. The molecule has 9 rings (SSSR count). The van der Waals surface area contributed by atoms with Gasteiger partial charge in [0.15, 0.2) is 5.96 Å². The van der Waals surface area contributed by atoms with Crippen LogP contribution in [0.5, 0.6) is 0 Å². The number of pyridine rings is 1. The molecule has 0 spiro atoms. The Hall–Kier alpha value is -11.6. The second kappa shape index (κ2) is 45.4. The van der Waals surface area contributed by atoms with E-state index in [0.717, 1.165) is 52.5 Å². The zero-order chi connectivity index (χ0) is 85.7. The van der Waals surface area contributed by atoms with E-state index < -0.39 is 132 Å². The molecule has 3 fully saturated rings. The number of amides is 14. The lowest BCUT2D eigenvalue weighted by atomic mass is 9.99. The minimum Gasteiger partial charge on any atom is -0.394 e. The predicted molar refractivity (Wildman–Crippen MR) is 449 cm³/mol. The van der Waals surface area contributed by atoms with Crippen molar-refractivity contribution in [3.8, 4) is 0 Å². The first-order valence-electron chi connectivity index (χ1n) is 40.9. The van der Waals surface area contributed by atoms with E-state index >= 15 is 28.8 Å². The van der Waals surface area contributed by atoms with E-state index in [-0.39, 0.29) is 88.8 Å². The summed E-state index contributed by atoms with van der Waals surface area (Å²) in [6.45, 7) is 12.4. The summed E-state index contributed by atoms with van der Waals surface area (Å²) >= 11 is 6.30. The SMILES string of the molecule is CCCCN(CCCC)C(=O)Nc1ccc(C[C@@H](NC(=O)[C@H](Cc2ccc(CN3CCOCC3)cc2)NC(=O)[C@H](CO)NC(=O)[C@@H](Cc2cccnc2)NC(=O)C(Cc2ccc(Cl)cc2)N2C(=O)NC(Cc3ccc4ccccc4c3)C2=O)C(=O)N[C@@H](CC(C)C)C(=O)N[C@@H](CCCNC(=N)N)C(=O)N2CCC[C@H]2C(=O)N[C@H](C)C(N)=O)cc1. The zero-order valence-electron chi connectivity index (χ0n) is 68.1. The number of carbonyl (C=O) groups is 12. The highest BCUT2D eigenvalue weighted by Crippen LogP contribution is 2.26. The second-order valence-electron chi connectivity index (χ2n) is 30.9. The number of anilines is 1. The number of nitrogens with zero attached hydrogens (tertiary/aromatic N) is 5. The molecule has 1 aromatic heterocycles. The number of fused-ring (bicyclic) bond motifs is 1. The van der Waals surface area contributed by atoms with Crippen molar-refractivity contribution >= 4 is 105 Å². The largest absolute Gasteiger partial charge is 0.394 e. The van der Waals surface area contributed by atoms with Gasteiger partial charge in [-0.3, -0.25) is 63.2 Å². The lowest BCUT2D eigenvalue weighted by molar-refractivity contribution is -0.142. The van der Waals surface area contributed by atoms with Gasteiger partial charge in [-0.2, -0.15) is 0 Å². The topological polar surface area (TPSA) is 456 Å². The van der Waals surface area contributed by atoms with Crippen LogP contribution in [0.4, 0.5) is 15.3 Å². The number of unbranched alkanes of at least 4 members (excludes halogenated alkanes) is 2. The van der Waals surface area contributed by atoms with Gasteiger partial charge in [0.2, 0.25) is 53.2 Å². The first-order chi connectivity index (χ1) is 57.2. The number of aliphatic hydroxyl groups excluding tert-OH is 1. The molecule has 10 atom stereocenters. The number of carbonyl (C=O) groups excluding carboxylic acids is 12. The van der Waals surface area contributed by atoms with Gasteiger partial charge in [0.05, 0.1) is 19.8 Å². The van der Waals surface area contributed by atoms with Gasteiger partial charge in [0, 0.05) is 101 Å². The average Bonchev–Trinajstić information content (AvgIpc) is 1.65. The van der Waals surface area contributed by atoms with Crippen LogP contribution < -0.4 is 64.6 Å². The normalized spacial score (nSPS) is 16.8. The molecule has 5 aromatic carbocycles. The van der Waals surface area contributed by atoms with Gasteiger partial charge in [-0.15, -0.1) is 0 Å². The molecular formula is C86H113ClN18O14. The third-order valence-corrected chi connectivity index (χ3v) is 21.4. The van der Waals surface area contributed by atoms with Crippen LogP contribution in [0.2, 0.25) is 5.02 Å². The number of nitrogens with one attached hydrogen (secondary N) is 11. The number of aromatic nitrogens is 1. The van der Waals surface area contributed by atoms with Crippen LogP contribution >= 0.6 is 11.6 Å². The minimum absolute atomic E-state index is 0.0129. The molecule has 638 valence electrons. The van der Waals surface area contributed by atoms with Crippen molar-refractivity contribution in [2.75, 3.05) is 64.4 Å². The van der Waals surface area contributed by atoms with E-state index in [1.807, 2.05) is 68.4 Å². The minimum atomic E-state index is -1.85. The molecule has 3 saturated heterocycles. The van der Waals surface area contributed by atoms with Crippen molar-refractivity contribution in [1.29, 1.82) is 5.41 Å². The number of benzene rings is 5. The third-order valence-electron chi connectivity index (χ3n) is 21.2. The van der Waals surface area contributed by atoms with Crippen LogP contribution in [0.1, 0.15) is 126 Å². The number of morpholine rings is 1. The standard InChI is InChI=1S/C86H113ClN18O14/c1-6-8-36-103(37-9-7-2)85(117)94-64-32-27-56(28-33-64)46-67(76(109)96-66(43-53(3)4)75(108)95-65(18-13-35-92-84(89)90)82(115)104-38-14-19-72(104)80(113)93-54(5)74(88)107)97-77(110)68(45-55-20-22-58(23-21-55)51-102-39-41-119-42-40-102)98-79(112)71(52-106)100-78(111)69(48-60-15-12-34-91-50-60)99-81(114)73(49-57-25-30-63(87)31-26-57)105-83(116)70(101-86(105)118)47-59-24-29-61-16-10-11-17-62(61)44-59/h10-12,15-17,20-34,44,50,53-54,65-73,106H,6-9,13-14,18-19,35-43,45-49,51-52H2,1-5H3,(H2,88,107)(H,93,113)(H,94,117)(H,95,108)(H,96,109)(H,97,110)(H,98,112)(H,99,114)(H,100,111)(H,101,118)(H4,89,90,92)/t54-,65+,66+,67-,68+,69-,70?,71+,72+,73?/m1/s1. The summed E-state index contributed by atoms with van der Waals surface area (Å²) in [5.74, 6) is -9.08. The van der Waals surface area contributed by atoms with Crippen molar-refractivity contribution in [1.82, 2.24) is 72.4 Å². The Morgan fingerprint density at radius 2 is 1.17 bits per heavy atom. The molecule has 2 unspecified atom stereocenters. The van der Waals surface area contributed by atoms with Crippen LogP contribution in [0.25, 0.3) is 10.8 Å². The maximum Gasteiger partial charge on any atom is 0.325 e. The number of imide groups is 1. The fourth-order valence-corrected chi connectivity index (χ4v) is 14.6. The molecule has 3 aliphatic rings. The fourth-order valence-electron chi connectivity index (χ4n) is 14.5. The first-order valence-corrected chi connectivity index (χ1v) is 41.2. The average molecular weight is 1660 g/mol. The Bertz CT molecular complexity index is 4470. The smallest absolute Gasteiger partial charge is 0.325 e. The Balaban J connectivity index is 1.02. The summed E-state index contributed by atoms with van der Waals surface area (Å²) in [4.78, 5) is 185. The van der Waals surface area contributed by atoms with Crippen molar-refractivity contribution in [2.24, 2.45) is 17.4 Å². The van der Waals surface area contributed by atoms with Gasteiger partial charge in [-0.05, 0) is 132 Å². The Morgan fingerprint density at radius 3 is 1.76 bits per heavy atom. The summed E-state index contributed by atoms with van der Waals surface area (Å²) in [5.41, 5.74) is 15.1. The maximum absolute atomic E-state index is 15.6. The predicted octanol–water partition coefficient (Wildman–Crippen LogP) is 4.15. The number of urea groups is 2. The van der Waals surface area contributed by atoms with Crippen LogP contribution in [0.3, 0.4) is 0 Å². The number of primary amides is 1. The zero-order valence-corrected chi connectivity index (χ0v) is 68.9. The van der Waals surface area contributed by atoms with Gasteiger partial charge in [0.1, 0.15) is 60.4 Å². The molecule has 4 heterocycles. The molecule has 3 aliphatic heterocycles. The number of aliphatic hydroxyl groups is 1. The van der Waals surface area contributed by atoms with Gasteiger partial charge < -0.3 is 84.3 Å². The molecule has 119 heavy (non-hydrogen) atoms. The van der Waals surface area contributed by atoms with Gasteiger partial charge in [0.25, 0.3) is 5.91 Å². The van der Waals surface area contributed by atoms with E-state index in [1.54, 1.807) is 91.5 Å². The maximum atomic E-state index is 15.6. The Morgan fingerprint density at radius 1 is 0.622 bits per heavy atom. The molecule has 33 heteroatoms.